The Bertz CT molecular complexity index is 2370. The molecular weight excluding hydrogens is 472 g/mol. The van der Waals surface area contributed by atoms with Crippen LogP contribution in [0.25, 0.3) is 76.9 Å². The molecular formula is C38H24O. The zero-order valence-corrected chi connectivity index (χ0v) is 21.0. The topological polar surface area (TPSA) is 13.1 Å². The summed E-state index contributed by atoms with van der Waals surface area (Å²) in [4.78, 5) is 0. The van der Waals surface area contributed by atoms with Gasteiger partial charge in [-0.1, -0.05) is 139 Å². The van der Waals surface area contributed by atoms with E-state index >= 15 is 0 Å². The fourth-order valence-corrected chi connectivity index (χ4v) is 5.96. The highest BCUT2D eigenvalue weighted by Crippen LogP contribution is 2.47. The van der Waals surface area contributed by atoms with Gasteiger partial charge in [0.15, 0.2) is 0 Å². The van der Waals surface area contributed by atoms with Crippen molar-refractivity contribution in [1.82, 2.24) is 0 Å². The van der Waals surface area contributed by atoms with Crippen LogP contribution in [0, 0.1) is 0 Å². The first-order valence-corrected chi connectivity index (χ1v) is 13.0. The van der Waals surface area contributed by atoms with Gasteiger partial charge in [-0.3, -0.25) is 0 Å². The molecule has 1 heteroatoms. The standard InChI is InChI=1S/C38H24O/c1-3-13-25(14-4-1)27-21-11-23-33-37-32(22-12-24-34(37)39-38(27)33)36-30-19-9-7-17-28(30)35(26-15-5-2-6-16-26)29-18-8-10-20-31(29)36/h1-24H/i7D,9D,17D,19D. The second-order valence-corrected chi connectivity index (χ2v) is 9.74. The van der Waals surface area contributed by atoms with Crippen LogP contribution in [0.3, 0.4) is 0 Å². The van der Waals surface area contributed by atoms with Gasteiger partial charge in [0.2, 0.25) is 0 Å². The largest absolute Gasteiger partial charge is 0.455 e. The fourth-order valence-electron chi connectivity index (χ4n) is 5.96. The highest BCUT2D eigenvalue weighted by atomic mass is 16.3. The number of furan rings is 1. The van der Waals surface area contributed by atoms with Gasteiger partial charge < -0.3 is 4.42 Å². The minimum Gasteiger partial charge on any atom is -0.455 e. The molecule has 0 bridgehead atoms. The average molecular weight is 501 g/mol. The summed E-state index contributed by atoms with van der Waals surface area (Å²) in [5.74, 6) is 0. The molecule has 0 saturated heterocycles. The first-order valence-electron chi connectivity index (χ1n) is 15.0. The maximum atomic E-state index is 9.22. The van der Waals surface area contributed by atoms with E-state index in [0.29, 0.717) is 10.8 Å². The summed E-state index contributed by atoms with van der Waals surface area (Å²) in [6.45, 7) is 0. The van der Waals surface area contributed by atoms with Gasteiger partial charge in [-0.2, -0.15) is 0 Å². The number of hydrogen-bond acceptors (Lipinski definition) is 1. The second-order valence-electron chi connectivity index (χ2n) is 9.74. The Morgan fingerprint density at radius 3 is 1.74 bits per heavy atom. The Morgan fingerprint density at radius 1 is 0.436 bits per heavy atom. The monoisotopic (exact) mass is 500 g/mol. The van der Waals surface area contributed by atoms with E-state index in [2.05, 4.69) is 24.3 Å². The average Bonchev–Trinajstić information content (AvgIpc) is 3.45. The first kappa shape index (κ1) is 18.2. The van der Waals surface area contributed by atoms with Crippen LogP contribution in [0.1, 0.15) is 5.48 Å². The third-order valence-electron chi connectivity index (χ3n) is 7.59. The van der Waals surface area contributed by atoms with Crippen molar-refractivity contribution in [2.75, 3.05) is 0 Å². The number of rotatable bonds is 3. The molecule has 1 heterocycles. The lowest BCUT2D eigenvalue weighted by molar-refractivity contribution is 0.670. The van der Waals surface area contributed by atoms with Gasteiger partial charge in [-0.05, 0) is 55.4 Å². The lowest BCUT2D eigenvalue weighted by atomic mass is 9.85. The van der Waals surface area contributed by atoms with Crippen LogP contribution in [0.4, 0.5) is 0 Å². The third kappa shape index (κ3) is 3.34. The Balaban J connectivity index is 1.59. The third-order valence-corrected chi connectivity index (χ3v) is 7.59. The van der Waals surface area contributed by atoms with Gasteiger partial charge in [0.25, 0.3) is 0 Å². The molecule has 8 aromatic rings. The zero-order chi connectivity index (χ0) is 29.2. The Kier molecular flexibility index (Phi) is 4.06. The molecule has 0 fully saturated rings. The molecule has 1 aromatic heterocycles. The van der Waals surface area contributed by atoms with E-state index in [9.17, 15) is 1.37 Å². The van der Waals surface area contributed by atoms with Gasteiger partial charge in [0.1, 0.15) is 11.2 Å². The second kappa shape index (κ2) is 8.72. The smallest absolute Gasteiger partial charge is 0.143 e. The fraction of sp³-hybridized carbons (Fsp3) is 0. The lowest BCUT2D eigenvalue weighted by Crippen LogP contribution is -1.91. The summed E-state index contributed by atoms with van der Waals surface area (Å²) < 4.78 is 42.2. The van der Waals surface area contributed by atoms with E-state index in [-0.39, 0.29) is 24.2 Å². The minimum absolute atomic E-state index is 0.0440. The molecule has 0 atom stereocenters. The van der Waals surface area contributed by atoms with Crippen LogP contribution in [-0.4, -0.2) is 0 Å². The number of fused-ring (bicyclic) bond motifs is 5. The predicted molar refractivity (Wildman–Crippen MR) is 165 cm³/mol. The summed E-state index contributed by atoms with van der Waals surface area (Å²) in [6.07, 6.45) is 0. The van der Waals surface area contributed by atoms with Crippen molar-refractivity contribution in [3.05, 3.63) is 145 Å². The summed E-state index contributed by atoms with van der Waals surface area (Å²) in [7, 11) is 0. The van der Waals surface area contributed by atoms with Crippen LogP contribution in [0.15, 0.2) is 150 Å². The zero-order valence-electron chi connectivity index (χ0n) is 25.0. The molecule has 0 unspecified atom stereocenters. The molecule has 0 amide bonds. The minimum atomic E-state index is -0.247. The van der Waals surface area contributed by atoms with Crippen LogP contribution in [0.2, 0.25) is 0 Å². The van der Waals surface area contributed by atoms with Crippen molar-refractivity contribution in [3.8, 4) is 33.4 Å². The normalized spacial score (nSPS) is 13.0. The number of benzene rings is 7. The SMILES string of the molecule is [2H]c1c([2H])c([2H])c2c(-c3cccc4oc5c(-c6ccccc6)cccc5c34)c3ccccc3c(-c3ccccc3)c2c1[2H]. The van der Waals surface area contributed by atoms with E-state index in [1.54, 1.807) is 0 Å². The molecule has 1 nitrogen and oxygen atoms in total. The van der Waals surface area contributed by atoms with Crippen molar-refractivity contribution < 1.29 is 9.90 Å². The van der Waals surface area contributed by atoms with E-state index in [1.165, 1.54) is 0 Å². The van der Waals surface area contributed by atoms with Crippen LogP contribution in [0.5, 0.6) is 0 Å². The van der Waals surface area contributed by atoms with Crippen molar-refractivity contribution >= 4 is 43.5 Å². The molecule has 0 aliphatic carbocycles. The van der Waals surface area contributed by atoms with Crippen LogP contribution in [-0.2, 0) is 0 Å². The maximum Gasteiger partial charge on any atom is 0.143 e. The molecule has 0 saturated carbocycles. The molecule has 0 aliphatic heterocycles. The van der Waals surface area contributed by atoms with Crippen molar-refractivity contribution in [2.24, 2.45) is 0 Å². The molecule has 182 valence electrons. The van der Waals surface area contributed by atoms with Crippen molar-refractivity contribution in [2.45, 2.75) is 0 Å². The predicted octanol–water partition coefficient (Wildman–Crippen LogP) is 10.9. The molecule has 8 rings (SSSR count). The Hall–Kier alpha value is -5.14. The highest BCUT2D eigenvalue weighted by Gasteiger charge is 2.20. The van der Waals surface area contributed by atoms with E-state index < -0.39 is 0 Å². The Labute approximate surface area is 232 Å². The summed E-state index contributed by atoms with van der Waals surface area (Å²) in [5, 5.41) is 4.74. The molecule has 7 aromatic carbocycles. The summed E-state index contributed by atoms with van der Waals surface area (Å²) in [5.41, 5.74) is 6.91. The van der Waals surface area contributed by atoms with Gasteiger partial charge in [0.05, 0.1) is 5.48 Å². The van der Waals surface area contributed by atoms with Crippen molar-refractivity contribution in [3.63, 3.8) is 0 Å². The number of para-hydroxylation sites is 1. The lowest BCUT2D eigenvalue weighted by Gasteiger charge is -2.18. The molecule has 0 spiro atoms. The molecule has 0 N–H and O–H groups in total. The summed E-state index contributed by atoms with van der Waals surface area (Å²) >= 11 is 0. The number of hydrogen-bond donors (Lipinski definition) is 0. The van der Waals surface area contributed by atoms with Gasteiger partial charge >= 0.3 is 0 Å². The van der Waals surface area contributed by atoms with E-state index in [1.807, 2.05) is 97.1 Å². The van der Waals surface area contributed by atoms with Gasteiger partial charge in [0, 0.05) is 16.3 Å². The quantitative estimate of drug-likeness (QED) is 0.220. The van der Waals surface area contributed by atoms with Gasteiger partial charge in [-0.25, -0.2) is 0 Å². The molecule has 0 radical (unpaired) electrons. The van der Waals surface area contributed by atoms with Crippen LogP contribution >= 0.6 is 0 Å². The van der Waals surface area contributed by atoms with Crippen molar-refractivity contribution in [1.29, 1.82) is 0 Å². The summed E-state index contributed by atoms with van der Waals surface area (Å²) in [6, 6.07) is 39.6. The van der Waals surface area contributed by atoms with E-state index in [0.717, 1.165) is 66.1 Å². The maximum absolute atomic E-state index is 9.22. The van der Waals surface area contributed by atoms with E-state index in [4.69, 9.17) is 8.53 Å². The molecule has 0 aliphatic rings. The Morgan fingerprint density at radius 2 is 1.00 bits per heavy atom. The first-order chi connectivity index (χ1) is 21.0. The van der Waals surface area contributed by atoms with Crippen LogP contribution < -0.4 is 0 Å². The molecule has 39 heavy (non-hydrogen) atoms. The highest BCUT2D eigenvalue weighted by molar-refractivity contribution is 6.26. The van der Waals surface area contributed by atoms with Gasteiger partial charge in [-0.15, -0.1) is 0 Å².